The Morgan fingerprint density at radius 3 is 2.55 bits per heavy atom. The minimum Gasteiger partial charge on any atom is -0.363 e. The van der Waals surface area contributed by atoms with E-state index in [1.165, 1.54) is 12.1 Å². The molecule has 1 unspecified atom stereocenters. The van der Waals surface area contributed by atoms with Gasteiger partial charge in [0.2, 0.25) is 0 Å². The predicted molar refractivity (Wildman–Crippen MR) is 109 cm³/mol. The van der Waals surface area contributed by atoms with E-state index >= 15 is 0 Å². The molecule has 9 heteroatoms. The molecule has 5 nitrogen and oxygen atoms in total. The molecule has 0 saturated carbocycles. The van der Waals surface area contributed by atoms with E-state index in [9.17, 15) is 17.7 Å². The van der Waals surface area contributed by atoms with Crippen molar-refractivity contribution >= 4 is 29.3 Å². The summed E-state index contributed by atoms with van der Waals surface area (Å²) in [6.45, 7) is 6.86. The Bertz CT molecular complexity index is 1110. The molecule has 0 spiro atoms. The molecule has 0 fully saturated rings. The normalized spacial score (nSPS) is 14.8. The summed E-state index contributed by atoms with van der Waals surface area (Å²) in [7, 11) is -2.62. The van der Waals surface area contributed by atoms with Gasteiger partial charge in [-0.3, -0.25) is 4.98 Å². The van der Waals surface area contributed by atoms with Crippen LogP contribution in [0.5, 0.6) is 0 Å². The zero-order valence-corrected chi connectivity index (χ0v) is 17.5. The summed E-state index contributed by atoms with van der Waals surface area (Å²) in [5.74, 6) is -0.0655. The molecular weight excluding hydrogens is 400 g/mol. The largest absolute Gasteiger partial charge is 0.363 e. The highest BCUT2D eigenvalue weighted by Gasteiger charge is 2.22. The van der Waals surface area contributed by atoms with Crippen LogP contribution in [0.15, 0.2) is 30.5 Å². The van der Waals surface area contributed by atoms with Crippen LogP contribution in [0.3, 0.4) is 0 Å². The second kappa shape index (κ2) is 8.11. The monoisotopic (exact) mass is 422 g/mol. The summed E-state index contributed by atoms with van der Waals surface area (Å²) in [5, 5.41) is 3.68. The van der Waals surface area contributed by atoms with E-state index in [0.29, 0.717) is 34.1 Å². The maximum atomic E-state index is 14.5. The molecule has 2 atom stereocenters. The molecule has 0 aliphatic rings. The van der Waals surface area contributed by atoms with E-state index in [1.807, 2.05) is 6.92 Å². The van der Waals surface area contributed by atoms with Crippen LogP contribution in [0.1, 0.15) is 43.3 Å². The van der Waals surface area contributed by atoms with Crippen LogP contribution in [0, 0.1) is 12.7 Å². The number of pyridine rings is 1. The number of aryl methyl sites for hydroxylation is 1. The van der Waals surface area contributed by atoms with Crippen molar-refractivity contribution in [3.8, 4) is 0 Å². The van der Waals surface area contributed by atoms with Crippen molar-refractivity contribution in [3.05, 3.63) is 53.2 Å². The van der Waals surface area contributed by atoms with Crippen LogP contribution in [0.2, 0.25) is 0 Å². The summed E-state index contributed by atoms with van der Waals surface area (Å²) in [4.78, 5) is 13.0. The zero-order valence-electron chi connectivity index (χ0n) is 16.6. The van der Waals surface area contributed by atoms with Gasteiger partial charge in [0.15, 0.2) is 0 Å². The van der Waals surface area contributed by atoms with Gasteiger partial charge in [0.05, 0.1) is 23.3 Å². The second-order valence-corrected chi connectivity index (χ2v) is 10.3. The molecule has 0 aliphatic carbocycles. The fourth-order valence-corrected chi connectivity index (χ4v) is 4.05. The van der Waals surface area contributed by atoms with Gasteiger partial charge < -0.3 is 9.88 Å². The predicted octanol–water partition coefficient (Wildman–Crippen LogP) is 5.22. The van der Waals surface area contributed by atoms with Gasteiger partial charge in [-0.1, -0.05) is 25.1 Å². The minimum absolute atomic E-state index is 0.108. The fourth-order valence-electron chi connectivity index (χ4n) is 3.02. The number of aromatic nitrogens is 3. The van der Waals surface area contributed by atoms with E-state index in [0.717, 1.165) is 6.07 Å². The highest BCUT2D eigenvalue weighted by Crippen LogP contribution is 2.39. The Balaban J connectivity index is 2.07. The first-order chi connectivity index (χ1) is 13.6. The van der Waals surface area contributed by atoms with Crippen molar-refractivity contribution in [2.75, 3.05) is 18.1 Å². The van der Waals surface area contributed by atoms with Crippen LogP contribution in [0.25, 0.3) is 10.9 Å². The zero-order chi connectivity index (χ0) is 21.3. The lowest BCUT2D eigenvalue weighted by atomic mass is 10.0. The number of nitrogens with one attached hydrogen (secondary N) is 1. The Hall–Kier alpha value is -2.47. The van der Waals surface area contributed by atoms with E-state index < -0.39 is 31.0 Å². The minimum atomic E-state index is -2.90. The van der Waals surface area contributed by atoms with E-state index in [1.54, 1.807) is 32.8 Å². The van der Waals surface area contributed by atoms with Crippen LogP contribution < -0.4 is 10.8 Å². The molecule has 154 valence electrons. The van der Waals surface area contributed by atoms with Crippen LogP contribution in [-0.4, -0.2) is 27.8 Å². The molecule has 29 heavy (non-hydrogen) atoms. The quantitative estimate of drug-likeness (QED) is 0.552. The van der Waals surface area contributed by atoms with Gasteiger partial charge in [0.25, 0.3) is 6.43 Å². The van der Waals surface area contributed by atoms with E-state index in [4.69, 9.17) is 0 Å². The Kier molecular flexibility index (Phi) is 5.94. The highest BCUT2D eigenvalue weighted by molar-refractivity contribution is 7.70. The second-order valence-electron chi connectivity index (χ2n) is 7.01. The lowest BCUT2D eigenvalue weighted by molar-refractivity contribution is 0.146. The molecule has 3 aromatic rings. The van der Waals surface area contributed by atoms with Crippen molar-refractivity contribution in [2.24, 2.45) is 0 Å². The van der Waals surface area contributed by atoms with E-state index in [2.05, 4.69) is 20.3 Å². The Morgan fingerprint density at radius 1 is 1.21 bits per heavy atom. The number of hydrogen-bond donors (Lipinski definition) is 1. The number of alkyl halides is 2. The lowest BCUT2D eigenvalue weighted by Crippen LogP contribution is -2.14. The Labute approximate surface area is 167 Å². The van der Waals surface area contributed by atoms with Crippen molar-refractivity contribution in [3.63, 3.8) is 0 Å². The molecule has 0 radical (unpaired) electrons. The molecule has 0 aliphatic heterocycles. The van der Waals surface area contributed by atoms with Crippen LogP contribution in [-0.2, 0) is 4.57 Å². The molecule has 1 N–H and O–H groups in total. The standard InChI is InChI=1S/C20H22F3N4OP/c1-5-29(4,28)17-9-15-16(10-24-17)26-12(3)27-20(15)25-11(2)13-7-6-8-14(18(13)21)19(22)23/h6-11,19H,5H2,1-4H3,(H,25,26,27)/t11-,29?/m1/s1. The molecular formula is C20H22F3N4OP. The first-order valence-corrected chi connectivity index (χ1v) is 11.5. The molecule has 1 aromatic carbocycles. The molecule has 3 rings (SSSR count). The third-order valence-corrected chi connectivity index (χ3v) is 7.30. The molecule has 0 amide bonds. The average Bonchev–Trinajstić information content (AvgIpc) is 2.67. The molecule has 0 bridgehead atoms. The number of fused-ring (bicyclic) bond motifs is 1. The summed E-state index contributed by atoms with van der Waals surface area (Å²) in [6.07, 6.45) is -0.896. The van der Waals surface area contributed by atoms with Crippen LogP contribution in [0.4, 0.5) is 19.0 Å². The summed E-state index contributed by atoms with van der Waals surface area (Å²) < 4.78 is 53.4. The number of rotatable bonds is 6. The Morgan fingerprint density at radius 2 is 1.90 bits per heavy atom. The first-order valence-electron chi connectivity index (χ1n) is 9.18. The molecule has 0 saturated heterocycles. The van der Waals surface area contributed by atoms with Gasteiger partial charge in [-0.2, -0.15) is 0 Å². The third kappa shape index (κ3) is 4.27. The summed E-state index contributed by atoms with van der Waals surface area (Å²) >= 11 is 0. The number of benzene rings is 1. The van der Waals surface area contributed by atoms with Gasteiger partial charge in [-0.25, -0.2) is 23.1 Å². The smallest absolute Gasteiger partial charge is 0.266 e. The number of anilines is 1. The van der Waals surface area contributed by atoms with Gasteiger partial charge in [-0.15, -0.1) is 0 Å². The number of halogens is 3. The maximum Gasteiger partial charge on any atom is 0.266 e. The maximum absolute atomic E-state index is 14.5. The third-order valence-electron chi connectivity index (χ3n) is 4.88. The summed E-state index contributed by atoms with van der Waals surface area (Å²) in [6, 6.07) is 4.97. The van der Waals surface area contributed by atoms with Gasteiger partial charge in [0, 0.05) is 17.1 Å². The number of nitrogens with zero attached hydrogens (tertiary/aromatic N) is 3. The van der Waals surface area contributed by atoms with Gasteiger partial charge >= 0.3 is 0 Å². The van der Waals surface area contributed by atoms with Crippen molar-refractivity contribution in [1.82, 2.24) is 15.0 Å². The van der Waals surface area contributed by atoms with Crippen molar-refractivity contribution < 1.29 is 17.7 Å². The topological polar surface area (TPSA) is 67.8 Å². The van der Waals surface area contributed by atoms with Crippen molar-refractivity contribution in [2.45, 2.75) is 33.2 Å². The summed E-state index contributed by atoms with van der Waals surface area (Å²) in [5.41, 5.74) is 0.479. The first kappa shape index (κ1) is 21.2. The number of hydrogen-bond acceptors (Lipinski definition) is 5. The molecule has 2 heterocycles. The van der Waals surface area contributed by atoms with Crippen LogP contribution >= 0.6 is 7.14 Å². The van der Waals surface area contributed by atoms with Crippen molar-refractivity contribution in [1.29, 1.82) is 0 Å². The highest BCUT2D eigenvalue weighted by atomic mass is 31.2. The SMILES string of the molecule is CCP(C)(=O)c1cc2c(N[C@H](C)c3cccc(C(F)F)c3F)nc(C)nc2cn1. The molecule has 2 aromatic heterocycles. The van der Waals surface area contributed by atoms with Gasteiger partial charge in [-0.05, 0) is 26.6 Å². The fraction of sp³-hybridized carbons (Fsp3) is 0.350. The van der Waals surface area contributed by atoms with E-state index in [-0.39, 0.29) is 5.56 Å². The van der Waals surface area contributed by atoms with Gasteiger partial charge in [0.1, 0.15) is 30.0 Å². The lowest BCUT2D eigenvalue weighted by Gasteiger charge is -2.19. The average molecular weight is 422 g/mol.